The molecule has 1 aliphatic heterocycles. The van der Waals surface area contributed by atoms with Crippen LogP contribution in [0.5, 0.6) is 0 Å². The SMILES string of the molecule is O=C(OCc1csc(-c2ccc(F)cc2)n1)c1ccc(S(=O)(=O)N2CCCC2)cc1. The van der Waals surface area contributed by atoms with E-state index in [9.17, 15) is 17.6 Å². The van der Waals surface area contributed by atoms with E-state index < -0.39 is 16.0 Å². The summed E-state index contributed by atoms with van der Waals surface area (Å²) >= 11 is 1.38. The third-order valence-electron chi connectivity index (χ3n) is 4.79. The van der Waals surface area contributed by atoms with E-state index >= 15 is 0 Å². The lowest BCUT2D eigenvalue weighted by atomic mass is 10.2. The lowest BCUT2D eigenvalue weighted by Gasteiger charge is -2.15. The van der Waals surface area contributed by atoms with Crippen LogP contribution in [0.1, 0.15) is 28.9 Å². The molecule has 0 bridgehead atoms. The van der Waals surface area contributed by atoms with Crippen LogP contribution in [0.2, 0.25) is 0 Å². The van der Waals surface area contributed by atoms with Crippen molar-refractivity contribution in [2.45, 2.75) is 24.3 Å². The number of sulfonamides is 1. The van der Waals surface area contributed by atoms with Crippen molar-refractivity contribution in [1.29, 1.82) is 0 Å². The van der Waals surface area contributed by atoms with Crippen LogP contribution < -0.4 is 0 Å². The van der Waals surface area contributed by atoms with Gasteiger partial charge in [0, 0.05) is 24.0 Å². The molecule has 1 fully saturated rings. The Morgan fingerprint density at radius 3 is 2.40 bits per heavy atom. The first-order chi connectivity index (χ1) is 14.4. The molecule has 3 aromatic rings. The minimum Gasteiger partial charge on any atom is -0.456 e. The van der Waals surface area contributed by atoms with Crippen molar-refractivity contribution < 1.29 is 22.3 Å². The molecule has 1 aliphatic rings. The van der Waals surface area contributed by atoms with Crippen molar-refractivity contribution in [2.75, 3.05) is 13.1 Å². The van der Waals surface area contributed by atoms with Gasteiger partial charge in [0.05, 0.1) is 16.2 Å². The van der Waals surface area contributed by atoms with Gasteiger partial charge in [-0.3, -0.25) is 0 Å². The van der Waals surface area contributed by atoms with Crippen molar-refractivity contribution >= 4 is 27.3 Å². The second kappa shape index (κ2) is 8.63. The lowest BCUT2D eigenvalue weighted by Crippen LogP contribution is -2.27. The highest BCUT2D eigenvalue weighted by molar-refractivity contribution is 7.89. The van der Waals surface area contributed by atoms with Crippen molar-refractivity contribution in [3.05, 3.63) is 71.0 Å². The topological polar surface area (TPSA) is 76.6 Å². The average molecular weight is 447 g/mol. The van der Waals surface area contributed by atoms with Gasteiger partial charge in [0.1, 0.15) is 17.4 Å². The van der Waals surface area contributed by atoms with Crippen LogP contribution in [0.3, 0.4) is 0 Å². The summed E-state index contributed by atoms with van der Waals surface area (Å²) in [6.45, 7) is 1.05. The molecule has 0 aliphatic carbocycles. The maximum atomic E-state index is 13.0. The maximum absolute atomic E-state index is 13.0. The number of carbonyl (C=O) groups excluding carboxylic acids is 1. The van der Waals surface area contributed by atoms with Gasteiger partial charge in [-0.2, -0.15) is 4.31 Å². The maximum Gasteiger partial charge on any atom is 0.338 e. The van der Waals surface area contributed by atoms with Gasteiger partial charge in [-0.25, -0.2) is 22.6 Å². The van der Waals surface area contributed by atoms with E-state index in [2.05, 4.69) is 4.98 Å². The largest absolute Gasteiger partial charge is 0.456 e. The molecule has 0 N–H and O–H groups in total. The molecule has 1 saturated heterocycles. The minimum atomic E-state index is -3.51. The molecule has 30 heavy (non-hydrogen) atoms. The first-order valence-electron chi connectivity index (χ1n) is 9.41. The molecule has 1 aromatic heterocycles. The number of aromatic nitrogens is 1. The lowest BCUT2D eigenvalue weighted by molar-refractivity contribution is 0.0468. The summed E-state index contributed by atoms with van der Waals surface area (Å²) in [5.41, 5.74) is 1.64. The molecule has 0 amide bonds. The Morgan fingerprint density at radius 2 is 1.73 bits per heavy atom. The van der Waals surface area contributed by atoms with Gasteiger partial charge in [-0.05, 0) is 61.4 Å². The third-order valence-corrected chi connectivity index (χ3v) is 7.64. The molecule has 9 heteroatoms. The normalized spacial score (nSPS) is 14.7. The molecule has 0 unspecified atom stereocenters. The molecule has 156 valence electrons. The molecule has 2 heterocycles. The number of hydrogen-bond donors (Lipinski definition) is 0. The first kappa shape index (κ1) is 20.6. The van der Waals surface area contributed by atoms with Gasteiger partial charge in [-0.1, -0.05) is 0 Å². The van der Waals surface area contributed by atoms with Crippen molar-refractivity contribution in [3.63, 3.8) is 0 Å². The Kier molecular flexibility index (Phi) is 5.94. The fourth-order valence-corrected chi connectivity index (χ4v) is 5.49. The second-order valence-electron chi connectivity index (χ2n) is 6.86. The predicted octanol–water partition coefficient (Wildman–Crippen LogP) is 4.09. The summed E-state index contributed by atoms with van der Waals surface area (Å²) in [5.74, 6) is -0.875. The highest BCUT2D eigenvalue weighted by Gasteiger charge is 2.27. The molecule has 2 aromatic carbocycles. The van der Waals surface area contributed by atoms with E-state index in [1.165, 1.54) is 52.0 Å². The number of rotatable bonds is 6. The van der Waals surface area contributed by atoms with Gasteiger partial charge >= 0.3 is 5.97 Å². The van der Waals surface area contributed by atoms with Gasteiger partial charge in [0.2, 0.25) is 10.0 Å². The first-order valence-corrected chi connectivity index (χ1v) is 11.7. The molecule has 0 saturated carbocycles. The summed E-state index contributed by atoms with van der Waals surface area (Å²) in [4.78, 5) is 16.9. The third kappa shape index (κ3) is 4.43. The van der Waals surface area contributed by atoms with E-state index in [1.54, 1.807) is 17.5 Å². The van der Waals surface area contributed by atoms with Gasteiger partial charge < -0.3 is 4.74 Å². The highest BCUT2D eigenvalue weighted by atomic mass is 32.2. The van der Waals surface area contributed by atoms with Gasteiger partial charge in [-0.15, -0.1) is 11.3 Å². The number of benzene rings is 2. The van der Waals surface area contributed by atoms with Crippen molar-refractivity contribution in [3.8, 4) is 10.6 Å². The van der Waals surface area contributed by atoms with Crippen molar-refractivity contribution in [1.82, 2.24) is 9.29 Å². The molecular formula is C21H19FN2O4S2. The summed E-state index contributed by atoms with van der Waals surface area (Å²) in [6, 6.07) is 11.8. The number of nitrogens with zero attached hydrogens (tertiary/aromatic N) is 2. The summed E-state index contributed by atoms with van der Waals surface area (Å²) in [6.07, 6.45) is 1.73. The Labute approximate surface area is 178 Å². The number of thiazole rings is 1. The highest BCUT2D eigenvalue weighted by Crippen LogP contribution is 2.25. The van der Waals surface area contributed by atoms with E-state index in [0.29, 0.717) is 23.8 Å². The Bertz CT molecular complexity index is 1140. The van der Waals surface area contributed by atoms with Gasteiger partial charge in [0.15, 0.2) is 0 Å². The van der Waals surface area contributed by atoms with Crippen LogP contribution in [0.4, 0.5) is 4.39 Å². The fourth-order valence-electron chi connectivity index (χ4n) is 3.16. The standard InChI is InChI=1S/C21H19FN2O4S2/c22-17-7-3-15(4-8-17)20-23-18(14-29-20)13-28-21(25)16-5-9-19(10-6-16)30(26,27)24-11-1-2-12-24/h3-10,14H,1-2,11-13H2. The fraction of sp³-hybridized carbons (Fsp3) is 0.238. The van der Waals surface area contributed by atoms with Crippen LogP contribution in [-0.2, 0) is 21.4 Å². The van der Waals surface area contributed by atoms with E-state index in [1.807, 2.05) is 0 Å². The summed E-state index contributed by atoms with van der Waals surface area (Å²) < 4.78 is 44.9. The smallest absolute Gasteiger partial charge is 0.338 e. The molecule has 6 nitrogen and oxygen atoms in total. The predicted molar refractivity (Wildman–Crippen MR) is 111 cm³/mol. The quantitative estimate of drug-likeness (QED) is 0.533. The van der Waals surface area contributed by atoms with Crippen LogP contribution in [0.25, 0.3) is 10.6 Å². The molecule has 0 radical (unpaired) electrons. The van der Waals surface area contributed by atoms with E-state index in [4.69, 9.17) is 4.74 Å². The zero-order valence-electron chi connectivity index (χ0n) is 16.0. The number of esters is 1. The minimum absolute atomic E-state index is 0.00957. The number of ether oxygens (including phenoxy) is 1. The number of carbonyl (C=O) groups is 1. The zero-order chi connectivity index (χ0) is 21.1. The number of halogens is 1. The zero-order valence-corrected chi connectivity index (χ0v) is 17.6. The van der Waals surface area contributed by atoms with Gasteiger partial charge in [0.25, 0.3) is 0 Å². The Hall–Kier alpha value is -2.62. The Balaban J connectivity index is 1.38. The summed E-state index contributed by atoms with van der Waals surface area (Å²) in [5, 5.41) is 2.48. The van der Waals surface area contributed by atoms with E-state index in [-0.39, 0.29) is 22.9 Å². The molecule has 0 atom stereocenters. The average Bonchev–Trinajstić information content (AvgIpc) is 3.45. The molecule has 4 rings (SSSR count). The molecule has 0 spiro atoms. The van der Waals surface area contributed by atoms with Crippen LogP contribution in [-0.4, -0.2) is 36.8 Å². The van der Waals surface area contributed by atoms with Crippen LogP contribution >= 0.6 is 11.3 Å². The molecular weight excluding hydrogens is 427 g/mol. The van der Waals surface area contributed by atoms with Crippen LogP contribution in [0, 0.1) is 5.82 Å². The van der Waals surface area contributed by atoms with Crippen molar-refractivity contribution in [2.24, 2.45) is 0 Å². The van der Waals surface area contributed by atoms with E-state index in [0.717, 1.165) is 18.4 Å². The number of hydrogen-bond acceptors (Lipinski definition) is 6. The second-order valence-corrected chi connectivity index (χ2v) is 9.66. The summed E-state index contributed by atoms with van der Waals surface area (Å²) in [7, 11) is -3.51. The van der Waals surface area contributed by atoms with Crippen LogP contribution in [0.15, 0.2) is 58.8 Å². The monoisotopic (exact) mass is 446 g/mol. The Morgan fingerprint density at radius 1 is 1.07 bits per heavy atom.